The molecule has 4 nitrogen and oxygen atoms in total. The quantitative estimate of drug-likeness (QED) is 0.869. The highest BCUT2D eigenvalue weighted by molar-refractivity contribution is 6.30. The second-order valence-corrected chi connectivity index (χ2v) is 5.43. The van der Waals surface area contributed by atoms with Gasteiger partial charge in [-0.05, 0) is 23.8 Å². The van der Waals surface area contributed by atoms with Crippen molar-refractivity contribution in [2.75, 3.05) is 27.0 Å². The first-order chi connectivity index (χ1) is 10.3. The highest BCUT2D eigenvalue weighted by Gasteiger charge is 2.16. The first-order valence-corrected chi connectivity index (χ1v) is 7.23. The third-order valence-electron chi connectivity index (χ3n) is 3.50. The zero-order valence-corrected chi connectivity index (χ0v) is 12.6. The van der Waals surface area contributed by atoms with Crippen LogP contribution in [0.1, 0.15) is 5.56 Å². The van der Waals surface area contributed by atoms with Gasteiger partial charge in [0.15, 0.2) is 0 Å². The van der Waals surface area contributed by atoms with E-state index in [1.54, 1.807) is 7.11 Å². The molecular formula is C16H17ClN2O2. The van der Waals surface area contributed by atoms with E-state index in [-0.39, 0.29) is 0 Å². The number of rotatable bonds is 4. The highest BCUT2D eigenvalue weighted by atomic mass is 35.5. The van der Waals surface area contributed by atoms with Gasteiger partial charge in [-0.25, -0.2) is 4.98 Å². The Hall–Kier alpha value is -1.62. The fourth-order valence-corrected chi connectivity index (χ4v) is 2.63. The molecule has 1 aliphatic rings. The van der Waals surface area contributed by atoms with E-state index in [2.05, 4.69) is 16.0 Å². The smallest absolute Gasteiger partial charge is 0.217 e. The van der Waals surface area contributed by atoms with Gasteiger partial charge in [0, 0.05) is 35.4 Å². The van der Waals surface area contributed by atoms with E-state index in [1.807, 2.05) is 30.5 Å². The highest BCUT2D eigenvalue weighted by Crippen LogP contribution is 2.27. The number of pyridine rings is 1. The largest absolute Gasteiger partial charge is 0.481 e. The lowest BCUT2D eigenvalue weighted by molar-refractivity contribution is 0.136. The Labute approximate surface area is 129 Å². The molecule has 3 rings (SSSR count). The number of nitrogens with zero attached hydrogens (tertiary/aromatic N) is 2. The van der Waals surface area contributed by atoms with Crippen LogP contribution in [-0.4, -0.2) is 36.9 Å². The molecule has 0 atom stereocenters. The van der Waals surface area contributed by atoms with Crippen LogP contribution in [0, 0.1) is 0 Å². The van der Waals surface area contributed by atoms with Gasteiger partial charge in [0.2, 0.25) is 5.88 Å². The molecule has 2 heterocycles. The van der Waals surface area contributed by atoms with Crippen molar-refractivity contribution in [3.05, 3.63) is 47.1 Å². The van der Waals surface area contributed by atoms with Crippen molar-refractivity contribution >= 4 is 11.6 Å². The van der Waals surface area contributed by atoms with E-state index < -0.39 is 0 Å². The number of ether oxygens (including phenoxy) is 2. The molecule has 0 amide bonds. The Morgan fingerprint density at radius 1 is 1.33 bits per heavy atom. The Balaban J connectivity index is 1.92. The number of halogens is 1. The third kappa shape index (κ3) is 3.35. The lowest BCUT2D eigenvalue weighted by Gasteiger charge is -2.16. The maximum Gasteiger partial charge on any atom is 0.217 e. The van der Waals surface area contributed by atoms with E-state index in [1.165, 1.54) is 0 Å². The standard InChI is InChI=1S/C16H17ClN2O2/c1-20-16-14(10-19-5-6-21-11-19)7-13(9-18-16)12-3-2-4-15(17)8-12/h2-4,7-9H,5-6,10-11H2,1H3. The minimum Gasteiger partial charge on any atom is -0.481 e. The molecule has 0 N–H and O–H groups in total. The van der Waals surface area contributed by atoms with Crippen LogP contribution in [0.5, 0.6) is 5.88 Å². The average molecular weight is 305 g/mol. The van der Waals surface area contributed by atoms with Gasteiger partial charge in [0.05, 0.1) is 20.4 Å². The molecule has 1 aliphatic heterocycles. The van der Waals surface area contributed by atoms with Crippen molar-refractivity contribution in [2.24, 2.45) is 0 Å². The van der Waals surface area contributed by atoms with E-state index >= 15 is 0 Å². The van der Waals surface area contributed by atoms with Crippen LogP contribution in [-0.2, 0) is 11.3 Å². The number of hydrogen-bond donors (Lipinski definition) is 0. The van der Waals surface area contributed by atoms with Crippen LogP contribution in [0.25, 0.3) is 11.1 Å². The molecule has 1 fully saturated rings. The van der Waals surface area contributed by atoms with Crippen LogP contribution < -0.4 is 4.74 Å². The van der Waals surface area contributed by atoms with Crippen LogP contribution in [0.4, 0.5) is 0 Å². The second kappa shape index (κ2) is 6.43. The minimum atomic E-state index is 0.657. The van der Waals surface area contributed by atoms with E-state index in [9.17, 15) is 0 Å². The fraction of sp³-hybridized carbons (Fsp3) is 0.312. The topological polar surface area (TPSA) is 34.6 Å². The molecule has 0 unspecified atom stereocenters. The van der Waals surface area contributed by atoms with Crippen molar-refractivity contribution in [3.8, 4) is 17.0 Å². The normalized spacial score (nSPS) is 15.3. The molecular weight excluding hydrogens is 288 g/mol. The first kappa shape index (κ1) is 14.3. The summed E-state index contributed by atoms with van der Waals surface area (Å²) in [6.07, 6.45) is 1.81. The SMILES string of the molecule is COc1ncc(-c2cccc(Cl)c2)cc1CN1CCOC1. The lowest BCUT2D eigenvalue weighted by Crippen LogP contribution is -2.19. The molecule has 0 saturated carbocycles. The molecule has 2 aromatic rings. The van der Waals surface area contributed by atoms with Crippen molar-refractivity contribution < 1.29 is 9.47 Å². The Morgan fingerprint density at radius 3 is 2.95 bits per heavy atom. The van der Waals surface area contributed by atoms with Gasteiger partial charge in [-0.2, -0.15) is 0 Å². The van der Waals surface area contributed by atoms with Gasteiger partial charge in [0.25, 0.3) is 0 Å². The Kier molecular flexibility index (Phi) is 4.39. The van der Waals surface area contributed by atoms with Crippen LogP contribution >= 0.6 is 11.6 Å². The van der Waals surface area contributed by atoms with Crippen molar-refractivity contribution in [1.82, 2.24) is 9.88 Å². The van der Waals surface area contributed by atoms with Gasteiger partial charge < -0.3 is 9.47 Å². The molecule has 110 valence electrons. The van der Waals surface area contributed by atoms with E-state index in [0.29, 0.717) is 12.6 Å². The van der Waals surface area contributed by atoms with Crippen LogP contribution in [0.15, 0.2) is 36.5 Å². The summed E-state index contributed by atoms with van der Waals surface area (Å²) in [5.74, 6) is 0.660. The van der Waals surface area contributed by atoms with Crippen molar-refractivity contribution in [3.63, 3.8) is 0 Å². The summed E-state index contributed by atoms with van der Waals surface area (Å²) in [7, 11) is 1.64. The summed E-state index contributed by atoms with van der Waals surface area (Å²) in [6.45, 7) is 3.14. The summed E-state index contributed by atoms with van der Waals surface area (Å²) in [4.78, 5) is 6.64. The molecule has 1 aromatic carbocycles. The van der Waals surface area contributed by atoms with E-state index in [0.717, 1.165) is 41.4 Å². The predicted molar refractivity (Wildman–Crippen MR) is 82.5 cm³/mol. The molecule has 0 spiro atoms. The number of benzene rings is 1. The van der Waals surface area contributed by atoms with Crippen LogP contribution in [0.2, 0.25) is 5.02 Å². The molecule has 1 aromatic heterocycles. The zero-order valence-electron chi connectivity index (χ0n) is 11.9. The maximum absolute atomic E-state index is 6.06. The van der Waals surface area contributed by atoms with Crippen LogP contribution in [0.3, 0.4) is 0 Å². The molecule has 21 heavy (non-hydrogen) atoms. The summed E-state index contributed by atoms with van der Waals surface area (Å²) in [6, 6.07) is 9.88. The van der Waals surface area contributed by atoms with E-state index in [4.69, 9.17) is 21.1 Å². The summed E-state index contributed by atoms with van der Waals surface area (Å²) < 4.78 is 10.7. The molecule has 5 heteroatoms. The Morgan fingerprint density at radius 2 is 2.24 bits per heavy atom. The zero-order chi connectivity index (χ0) is 14.7. The molecule has 0 aliphatic carbocycles. The van der Waals surface area contributed by atoms with Gasteiger partial charge in [-0.15, -0.1) is 0 Å². The second-order valence-electron chi connectivity index (χ2n) is 4.99. The maximum atomic E-state index is 6.06. The summed E-state index contributed by atoms with van der Waals surface area (Å²) in [5, 5.41) is 0.720. The summed E-state index contributed by atoms with van der Waals surface area (Å²) >= 11 is 6.06. The molecule has 1 saturated heterocycles. The number of hydrogen-bond acceptors (Lipinski definition) is 4. The molecule has 0 radical (unpaired) electrons. The first-order valence-electron chi connectivity index (χ1n) is 6.85. The Bertz CT molecular complexity index is 627. The lowest BCUT2D eigenvalue weighted by atomic mass is 10.1. The fourth-order valence-electron chi connectivity index (χ4n) is 2.44. The molecule has 0 bridgehead atoms. The van der Waals surface area contributed by atoms with Crippen molar-refractivity contribution in [1.29, 1.82) is 0 Å². The van der Waals surface area contributed by atoms with Gasteiger partial charge in [-0.1, -0.05) is 23.7 Å². The summed E-state index contributed by atoms with van der Waals surface area (Å²) in [5.41, 5.74) is 3.14. The average Bonchev–Trinajstić information content (AvgIpc) is 3.00. The predicted octanol–water partition coefficient (Wildman–Crippen LogP) is 3.20. The number of methoxy groups -OCH3 is 1. The van der Waals surface area contributed by atoms with Gasteiger partial charge in [0.1, 0.15) is 0 Å². The van der Waals surface area contributed by atoms with Crippen molar-refractivity contribution in [2.45, 2.75) is 6.54 Å². The van der Waals surface area contributed by atoms with Gasteiger partial charge in [-0.3, -0.25) is 4.90 Å². The minimum absolute atomic E-state index is 0.657. The third-order valence-corrected chi connectivity index (χ3v) is 3.73. The monoisotopic (exact) mass is 304 g/mol. The number of aromatic nitrogens is 1. The van der Waals surface area contributed by atoms with Gasteiger partial charge >= 0.3 is 0 Å².